The molecule has 0 bridgehead atoms. The predicted molar refractivity (Wildman–Crippen MR) is 176 cm³/mol. The van der Waals surface area contributed by atoms with Gasteiger partial charge in [-0.15, -0.1) is 0 Å². The van der Waals surface area contributed by atoms with Crippen LogP contribution >= 0.6 is 0 Å². The van der Waals surface area contributed by atoms with E-state index in [0.29, 0.717) is 18.5 Å². The third-order valence-corrected chi connectivity index (χ3v) is 9.00. The maximum atomic E-state index is 14.5. The summed E-state index contributed by atoms with van der Waals surface area (Å²) >= 11 is 0. The SMILES string of the molecule is C[N+](CCOC(=O)OCOC(=O)CCC[N+]1(Cc2ccc([N+](=O)[O-])cc2)CCCCC1)(Cc1ccc([N+](=O)[O-])cc1)Cc1c(F)cccc1F. The Morgan fingerprint density at radius 1 is 0.800 bits per heavy atom. The maximum Gasteiger partial charge on any atom is 0.511 e. The van der Waals surface area contributed by atoms with Gasteiger partial charge in [-0.3, -0.25) is 25.0 Å². The molecule has 0 aliphatic carbocycles. The quantitative estimate of drug-likeness (QED) is 0.0502. The van der Waals surface area contributed by atoms with Crippen molar-refractivity contribution in [3.63, 3.8) is 0 Å². The van der Waals surface area contributed by atoms with E-state index in [1.54, 1.807) is 31.3 Å². The highest BCUT2D eigenvalue weighted by Crippen LogP contribution is 2.26. The minimum atomic E-state index is -1.09. The number of benzene rings is 3. The zero-order valence-electron chi connectivity index (χ0n) is 28.0. The molecule has 3 aromatic carbocycles. The first-order valence-electron chi connectivity index (χ1n) is 16.4. The number of likely N-dealkylation sites (tertiary alicyclic amines) is 1. The standard InChI is InChI=1S/C35H42F2N4O9/c1-40(25-31-32(36)7-5-8-33(31)37,23-27-10-14-29(15-11-27)38(44)45)21-22-48-35(43)50-26-49-34(42)9-6-20-41(18-3-2-4-19-41)24-28-12-16-30(17-13-28)39(46)47/h5,7-8,10-17H,2-4,6,9,18-26H2,1H3/q+2. The van der Waals surface area contributed by atoms with Crippen molar-refractivity contribution in [2.24, 2.45) is 0 Å². The lowest BCUT2D eigenvalue weighted by Gasteiger charge is -2.41. The molecular formula is C35H42F2N4O9+2. The lowest BCUT2D eigenvalue weighted by molar-refractivity contribution is -0.945. The fourth-order valence-corrected chi connectivity index (χ4v) is 6.36. The van der Waals surface area contributed by atoms with Crippen LogP contribution in [0.2, 0.25) is 0 Å². The topological polar surface area (TPSA) is 148 Å². The van der Waals surface area contributed by atoms with E-state index in [1.165, 1.54) is 30.3 Å². The van der Waals surface area contributed by atoms with Crippen LogP contribution in [0.15, 0.2) is 66.7 Å². The zero-order valence-corrected chi connectivity index (χ0v) is 28.0. The number of nitrogens with zero attached hydrogens (tertiary/aromatic N) is 4. The number of ether oxygens (including phenoxy) is 3. The second kappa shape index (κ2) is 17.6. The second-order valence-electron chi connectivity index (χ2n) is 12.9. The number of likely N-dealkylation sites (N-methyl/N-ethyl adjacent to an activating group) is 1. The molecule has 4 rings (SSSR count). The van der Waals surface area contributed by atoms with Crippen LogP contribution < -0.4 is 0 Å². The van der Waals surface area contributed by atoms with Crippen LogP contribution in [0.5, 0.6) is 0 Å². The summed E-state index contributed by atoms with van der Waals surface area (Å²) in [7, 11) is 1.71. The summed E-state index contributed by atoms with van der Waals surface area (Å²) in [5.41, 5.74) is 1.47. The van der Waals surface area contributed by atoms with Crippen molar-refractivity contribution in [3.05, 3.63) is 115 Å². The third-order valence-electron chi connectivity index (χ3n) is 9.00. The third kappa shape index (κ3) is 11.3. The number of nitro groups is 2. The van der Waals surface area contributed by atoms with Gasteiger partial charge < -0.3 is 23.2 Å². The molecule has 0 aromatic heterocycles. The minimum Gasteiger partial charge on any atom is -0.428 e. The first kappa shape index (κ1) is 37.8. The van der Waals surface area contributed by atoms with Gasteiger partial charge in [0.15, 0.2) is 0 Å². The Labute approximate surface area is 288 Å². The molecule has 0 saturated carbocycles. The summed E-state index contributed by atoms with van der Waals surface area (Å²) in [5.74, 6) is -1.99. The highest BCUT2D eigenvalue weighted by atomic mass is 19.1. The molecule has 0 N–H and O–H groups in total. The molecular weight excluding hydrogens is 658 g/mol. The van der Waals surface area contributed by atoms with Crippen LogP contribution in [0.25, 0.3) is 0 Å². The van der Waals surface area contributed by atoms with Crippen molar-refractivity contribution in [3.8, 4) is 0 Å². The number of halogens is 2. The molecule has 0 spiro atoms. The summed E-state index contributed by atoms with van der Waals surface area (Å²) in [4.78, 5) is 45.8. The molecule has 1 saturated heterocycles. The number of hydrogen-bond donors (Lipinski definition) is 0. The fraction of sp³-hybridized carbons (Fsp3) is 0.429. The Balaban J connectivity index is 1.23. The van der Waals surface area contributed by atoms with Crippen LogP contribution in [0.4, 0.5) is 25.0 Å². The number of hydrogen-bond acceptors (Lipinski definition) is 9. The van der Waals surface area contributed by atoms with Crippen molar-refractivity contribution in [2.75, 3.05) is 46.6 Å². The van der Waals surface area contributed by atoms with E-state index >= 15 is 0 Å². The Morgan fingerprint density at radius 3 is 1.96 bits per heavy atom. The number of quaternary nitrogens is 2. The molecule has 1 unspecified atom stereocenters. The van der Waals surface area contributed by atoms with Gasteiger partial charge >= 0.3 is 12.1 Å². The molecule has 0 radical (unpaired) electrons. The van der Waals surface area contributed by atoms with Gasteiger partial charge in [-0.1, -0.05) is 6.07 Å². The van der Waals surface area contributed by atoms with E-state index in [1.807, 2.05) is 0 Å². The van der Waals surface area contributed by atoms with E-state index in [0.717, 1.165) is 61.1 Å². The summed E-state index contributed by atoms with van der Waals surface area (Å²) in [6, 6.07) is 15.9. The number of carbonyl (C=O) groups is 2. The van der Waals surface area contributed by atoms with Crippen molar-refractivity contribution >= 4 is 23.5 Å². The van der Waals surface area contributed by atoms with Gasteiger partial charge in [0.05, 0.1) is 48.5 Å². The molecule has 13 nitrogen and oxygen atoms in total. The molecule has 1 aliphatic heterocycles. The minimum absolute atomic E-state index is 0.0118. The molecule has 50 heavy (non-hydrogen) atoms. The van der Waals surface area contributed by atoms with Crippen LogP contribution in [0.3, 0.4) is 0 Å². The molecule has 0 amide bonds. The maximum absolute atomic E-state index is 14.5. The largest absolute Gasteiger partial charge is 0.511 e. The van der Waals surface area contributed by atoms with Gasteiger partial charge in [0, 0.05) is 41.8 Å². The lowest BCUT2D eigenvalue weighted by Crippen LogP contribution is -2.51. The Bertz CT molecular complexity index is 1610. The van der Waals surface area contributed by atoms with Crippen LogP contribution in [-0.2, 0) is 38.6 Å². The lowest BCUT2D eigenvalue weighted by atomic mass is 10.0. The van der Waals surface area contributed by atoms with Gasteiger partial charge in [-0.25, -0.2) is 13.6 Å². The van der Waals surface area contributed by atoms with Crippen molar-refractivity contribution in [1.29, 1.82) is 0 Å². The summed E-state index contributed by atoms with van der Waals surface area (Å²) in [6.07, 6.45) is 2.83. The summed E-state index contributed by atoms with van der Waals surface area (Å²) in [5, 5.41) is 22.0. The number of non-ortho nitro benzene ring substituents is 2. The highest BCUT2D eigenvalue weighted by Gasteiger charge is 2.31. The average Bonchev–Trinajstić information content (AvgIpc) is 3.07. The molecule has 1 aliphatic rings. The molecule has 268 valence electrons. The first-order valence-corrected chi connectivity index (χ1v) is 16.4. The Kier molecular flexibility index (Phi) is 13.3. The predicted octanol–water partition coefficient (Wildman–Crippen LogP) is 6.56. The smallest absolute Gasteiger partial charge is 0.428 e. The summed E-state index contributed by atoms with van der Waals surface area (Å²) in [6.45, 7) is 2.72. The molecule has 1 atom stereocenters. The van der Waals surface area contributed by atoms with Crippen LogP contribution in [0, 0.1) is 31.9 Å². The number of nitro benzene ring substituents is 2. The van der Waals surface area contributed by atoms with Crippen molar-refractivity contribution in [2.45, 2.75) is 51.7 Å². The highest BCUT2D eigenvalue weighted by molar-refractivity contribution is 5.69. The van der Waals surface area contributed by atoms with Gasteiger partial charge in [-0.2, -0.15) is 0 Å². The van der Waals surface area contributed by atoms with E-state index in [4.69, 9.17) is 14.2 Å². The van der Waals surface area contributed by atoms with Crippen molar-refractivity contribution < 1.29 is 51.4 Å². The van der Waals surface area contributed by atoms with E-state index in [2.05, 4.69) is 0 Å². The zero-order chi connectivity index (χ0) is 36.1. The average molecular weight is 701 g/mol. The number of carbonyl (C=O) groups excluding carboxylic acids is 2. The van der Waals surface area contributed by atoms with Crippen LogP contribution in [0.1, 0.15) is 48.8 Å². The van der Waals surface area contributed by atoms with E-state index in [9.17, 15) is 38.6 Å². The molecule has 1 heterocycles. The number of piperidine rings is 1. The van der Waals surface area contributed by atoms with Gasteiger partial charge in [-0.05, 0) is 55.7 Å². The Hall–Kier alpha value is -5.02. The first-order chi connectivity index (χ1) is 23.9. The number of esters is 1. The van der Waals surface area contributed by atoms with Crippen LogP contribution in [-0.4, -0.2) is 77.6 Å². The monoisotopic (exact) mass is 700 g/mol. The van der Waals surface area contributed by atoms with E-state index < -0.39 is 40.4 Å². The van der Waals surface area contributed by atoms with Gasteiger partial charge in [0.1, 0.15) is 44.4 Å². The second-order valence-corrected chi connectivity index (χ2v) is 12.9. The normalized spacial score (nSPS) is 15.0. The van der Waals surface area contributed by atoms with Crippen molar-refractivity contribution in [1.82, 2.24) is 0 Å². The summed E-state index contributed by atoms with van der Waals surface area (Å²) < 4.78 is 45.0. The van der Waals surface area contributed by atoms with E-state index in [-0.39, 0.29) is 54.1 Å². The van der Waals surface area contributed by atoms with Gasteiger partial charge in [0.25, 0.3) is 11.4 Å². The number of rotatable bonds is 17. The molecule has 3 aromatic rings. The fourth-order valence-electron chi connectivity index (χ4n) is 6.36. The Morgan fingerprint density at radius 2 is 1.38 bits per heavy atom. The molecule has 15 heteroatoms. The van der Waals surface area contributed by atoms with Gasteiger partial charge in [0.2, 0.25) is 6.79 Å². The molecule has 1 fully saturated rings.